The molecular formula is C52H33N5. The van der Waals surface area contributed by atoms with Crippen LogP contribution in [-0.2, 0) is 0 Å². The maximum atomic E-state index is 4.91. The normalized spacial score (nSPS) is 11.5. The number of para-hydroxylation sites is 1. The minimum atomic E-state index is 0.631. The summed E-state index contributed by atoms with van der Waals surface area (Å²) < 4.78 is 2.42. The van der Waals surface area contributed by atoms with E-state index in [9.17, 15) is 0 Å². The van der Waals surface area contributed by atoms with Crippen LogP contribution in [-0.4, -0.2) is 24.5 Å². The molecule has 3 heterocycles. The molecule has 5 nitrogen and oxygen atoms in total. The van der Waals surface area contributed by atoms with Gasteiger partial charge in [0.1, 0.15) is 0 Å². The summed E-state index contributed by atoms with van der Waals surface area (Å²) >= 11 is 0. The van der Waals surface area contributed by atoms with E-state index in [1.54, 1.807) is 0 Å². The van der Waals surface area contributed by atoms with Crippen LogP contribution < -0.4 is 0 Å². The summed E-state index contributed by atoms with van der Waals surface area (Å²) in [7, 11) is 0. The average molecular weight is 728 g/mol. The fourth-order valence-electron chi connectivity index (χ4n) is 8.02. The van der Waals surface area contributed by atoms with E-state index in [1.165, 1.54) is 32.6 Å². The Balaban J connectivity index is 0.971. The second-order valence-corrected chi connectivity index (χ2v) is 14.3. The first kappa shape index (κ1) is 32.7. The minimum Gasteiger partial charge on any atom is -0.309 e. The molecule has 0 spiro atoms. The van der Waals surface area contributed by atoms with Gasteiger partial charge in [-0.05, 0) is 58.5 Å². The molecule has 11 aromatic rings. The van der Waals surface area contributed by atoms with E-state index in [1.807, 2.05) is 66.9 Å². The van der Waals surface area contributed by atoms with Gasteiger partial charge in [-0.2, -0.15) is 0 Å². The highest BCUT2D eigenvalue weighted by atomic mass is 15.0. The van der Waals surface area contributed by atoms with Gasteiger partial charge in [-0.3, -0.25) is 4.98 Å². The van der Waals surface area contributed by atoms with Gasteiger partial charge in [-0.25, -0.2) is 15.0 Å². The summed E-state index contributed by atoms with van der Waals surface area (Å²) in [5.41, 5.74) is 11.7. The molecule has 8 aromatic carbocycles. The molecule has 0 N–H and O–H groups in total. The van der Waals surface area contributed by atoms with E-state index in [0.717, 1.165) is 55.5 Å². The molecule has 0 aliphatic carbocycles. The topological polar surface area (TPSA) is 56.5 Å². The first-order valence-electron chi connectivity index (χ1n) is 19.1. The highest BCUT2D eigenvalue weighted by Gasteiger charge is 2.17. The maximum absolute atomic E-state index is 4.91. The maximum Gasteiger partial charge on any atom is 0.164 e. The number of aromatic nitrogens is 5. The predicted molar refractivity (Wildman–Crippen MR) is 234 cm³/mol. The summed E-state index contributed by atoms with van der Waals surface area (Å²) in [4.78, 5) is 19.6. The molecule has 0 amide bonds. The van der Waals surface area contributed by atoms with E-state index < -0.39 is 0 Å². The van der Waals surface area contributed by atoms with Crippen molar-refractivity contribution in [3.8, 4) is 62.1 Å². The Morgan fingerprint density at radius 2 is 0.860 bits per heavy atom. The zero-order chi connectivity index (χ0) is 37.7. The third-order valence-electron chi connectivity index (χ3n) is 10.9. The lowest BCUT2D eigenvalue weighted by molar-refractivity contribution is 1.07. The monoisotopic (exact) mass is 727 g/mol. The van der Waals surface area contributed by atoms with Gasteiger partial charge in [-0.15, -0.1) is 0 Å². The molecule has 0 bridgehead atoms. The highest BCUT2D eigenvalue weighted by molar-refractivity contribution is 6.19. The van der Waals surface area contributed by atoms with Gasteiger partial charge < -0.3 is 4.57 Å². The van der Waals surface area contributed by atoms with E-state index in [-0.39, 0.29) is 0 Å². The molecule has 0 unspecified atom stereocenters. The van der Waals surface area contributed by atoms with Crippen molar-refractivity contribution in [3.63, 3.8) is 0 Å². The van der Waals surface area contributed by atoms with Crippen molar-refractivity contribution in [3.05, 3.63) is 200 Å². The average Bonchev–Trinajstić information content (AvgIpc) is 3.63. The van der Waals surface area contributed by atoms with Crippen molar-refractivity contribution in [2.75, 3.05) is 0 Å². The fourth-order valence-corrected chi connectivity index (χ4v) is 8.02. The van der Waals surface area contributed by atoms with Crippen molar-refractivity contribution in [2.45, 2.75) is 0 Å². The van der Waals surface area contributed by atoms with Crippen molar-refractivity contribution in [1.29, 1.82) is 0 Å². The van der Waals surface area contributed by atoms with E-state index >= 15 is 0 Å². The van der Waals surface area contributed by atoms with E-state index in [4.69, 9.17) is 19.9 Å². The Hall–Kier alpha value is -7.76. The zero-order valence-electron chi connectivity index (χ0n) is 30.8. The van der Waals surface area contributed by atoms with Crippen LogP contribution in [0.25, 0.3) is 106 Å². The summed E-state index contributed by atoms with van der Waals surface area (Å²) in [5, 5.41) is 6.05. The van der Waals surface area contributed by atoms with Gasteiger partial charge in [0.2, 0.25) is 0 Å². The molecule has 0 fully saturated rings. The van der Waals surface area contributed by atoms with Gasteiger partial charge in [0.05, 0.1) is 16.6 Å². The first-order chi connectivity index (χ1) is 28.2. The van der Waals surface area contributed by atoms with E-state index in [0.29, 0.717) is 17.5 Å². The molecular weight excluding hydrogens is 695 g/mol. The first-order valence-corrected chi connectivity index (χ1v) is 19.1. The zero-order valence-corrected chi connectivity index (χ0v) is 30.8. The van der Waals surface area contributed by atoms with Crippen molar-refractivity contribution in [1.82, 2.24) is 24.5 Å². The van der Waals surface area contributed by atoms with Crippen LogP contribution in [0.15, 0.2) is 200 Å². The Morgan fingerprint density at radius 3 is 1.56 bits per heavy atom. The molecule has 0 aliphatic rings. The Bertz CT molecular complexity index is 3210. The summed E-state index contributed by atoms with van der Waals surface area (Å²) in [6.45, 7) is 0. The highest BCUT2D eigenvalue weighted by Crippen LogP contribution is 2.39. The molecule has 0 saturated heterocycles. The van der Waals surface area contributed by atoms with Gasteiger partial charge in [-0.1, -0.05) is 158 Å². The smallest absolute Gasteiger partial charge is 0.164 e. The van der Waals surface area contributed by atoms with Crippen LogP contribution >= 0.6 is 0 Å². The molecule has 5 heteroatoms. The van der Waals surface area contributed by atoms with Crippen LogP contribution in [0.2, 0.25) is 0 Å². The van der Waals surface area contributed by atoms with Crippen molar-refractivity contribution in [2.24, 2.45) is 0 Å². The van der Waals surface area contributed by atoms with E-state index in [2.05, 4.69) is 138 Å². The number of benzene rings is 8. The van der Waals surface area contributed by atoms with Gasteiger partial charge in [0, 0.05) is 55.7 Å². The third-order valence-corrected chi connectivity index (χ3v) is 10.9. The molecule has 0 radical (unpaired) electrons. The number of hydrogen-bond donors (Lipinski definition) is 0. The number of hydrogen-bond acceptors (Lipinski definition) is 4. The number of nitrogens with zero attached hydrogens (tertiary/aromatic N) is 5. The van der Waals surface area contributed by atoms with Crippen LogP contribution in [0.5, 0.6) is 0 Å². The van der Waals surface area contributed by atoms with Crippen LogP contribution in [0.4, 0.5) is 0 Å². The Kier molecular flexibility index (Phi) is 7.74. The van der Waals surface area contributed by atoms with Crippen LogP contribution in [0.3, 0.4) is 0 Å². The molecule has 57 heavy (non-hydrogen) atoms. The third kappa shape index (κ3) is 5.81. The van der Waals surface area contributed by atoms with Crippen LogP contribution in [0, 0.1) is 0 Å². The lowest BCUT2D eigenvalue weighted by Crippen LogP contribution is -2.00. The summed E-state index contributed by atoms with van der Waals surface area (Å²) in [6.07, 6.45) is 1.95. The van der Waals surface area contributed by atoms with Gasteiger partial charge >= 0.3 is 0 Å². The fraction of sp³-hybridized carbons (Fsp3) is 0. The van der Waals surface area contributed by atoms with Gasteiger partial charge in [0.15, 0.2) is 17.5 Å². The van der Waals surface area contributed by atoms with Crippen molar-refractivity contribution >= 4 is 43.5 Å². The van der Waals surface area contributed by atoms with Crippen molar-refractivity contribution < 1.29 is 0 Å². The molecule has 266 valence electrons. The standard InChI is InChI=1S/C52H33N5/c1-4-13-36(14-5-1)50-54-51(37-15-6-2-7-16-37)56-52(55-50)38-22-20-34(21-23-38)42-31-41-30-39(26-29-47(41)53-33-42)40-25-27-45-46-28-24-35-12-10-11-19-44(35)49(46)57(48(45)32-40)43-17-8-3-9-18-43/h1-33H. The molecule has 3 aromatic heterocycles. The number of pyridine rings is 1. The second-order valence-electron chi connectivity index (χ2n) is 14.3. The lowest BCUT2D eigenvalue weighted by atomic mass is 9.99. The Labute approximate surface area is 329 Å². The number of fused-ring (bicyclic) bond motifs is 6. The Morgan fingerprint density at radius 1 is 0.333 bits per heavy atom. The van der Waals surface area contributed by atoms with Crippen LogP contribution in [0.1, 0.15) is 0 Å². The molecule has 0 atom stereocenters. The predicted octanol–water partition coefficient (Wildman–Crippen LogP) is 13.0. The SMILES string of the molecule is c1ccc(-c2nc(-c3ccccc3)nc(-c3ccc(-c4cnc5ccc(-c6ccc7c8ccc9ccccc9c8n(-c8ccccc8)c7c6)cc5c4)cc3)n2)cc1. The largest absolute Gasteiger partial charge is 0.309 e. The molecule has 11 rings (SSSR count). The second kappa shape index (κ2) is 13.5. The minimum absolute atomic E-state index is 0.631. The lowest BCUT2D eigenvalue weighted by Gasteiger charge is -2.11. The number of rotatable bonds is 6. The summed E-state index contributed by atoms with van der Waals surface area (Å²) in [6, 6.07) is 68.0. The molecule has 0 saturated carbocycles. The molecule has 0 aliphatic heterocycles. The quantitative estimate of drug-likeness (QED) is 0.171. The van der Waals surface area contributed by atoms with Gasteiger partial charge in [0.25, 0.3) is 0 Å². The summed E-state index contributed by atoms with van der Waals surface area (Å²) in [5.74, 6) is 1.92.